The second-order valence-corrected chi connectivity index (χ2v) is 6.73. The topological polar surface area (TPSA) is 38.8 Å². The Morgan fingerprint density at radius 1 is 1.24 bits per heavy atom. The molecule has 0 unspecified atom stereocenters. The van der Waals surface area contributed by atoms with E-state index in [2.05, 4.69) is 18.2 Å². The van der Waals surface area contributed by atoms with Crippen LogP contribution in [0, 0.1) is 0 Å². The van der Waals surface area contributed by atoms with Crippen LogP contribution < -0.4 is 0 Å². The summed E-state index contributed by atoms with van der Waals surface area (Å²) in [7, 11) is 0. The molecule has 4 heteroatoms. The zero-order chi connectivity index (χ0) is 15.1. The highest BCUT2D eigenvalue weighted by molar-refractivity contribution is 5.73. The van der Waals surface area contributed by atoms with E-state index in [0.717, 1.165) is 0 Å². The molecule has 0 atom stereocenters. The maximum atomic E-state index is 12.0. The number of likely N-dealkylation sites (tertiary alicyclic amines) is 1. The number of amides is 1. The van der Waals surface area contributed by atoms with Crippen molar-refractivity contribution < 1.29 is 14.3 Å². The van der Waals surface area contributed by atoms with E-state index in [1.807, 2.05) is 39.0 Å². The average molecular weight is 287 g/mol. The van der Waals surface area contributed by atoms with Crippen LogP contribution in [0.5, 0.6) is 0 Å². The summed E-state index contributed by atoms with van der Waals surface area (Å²) in [4.78, 5) is 13.7. The first-order valence-corrected chi connectivity index (χ1v) is 7.26. The highest BCUT2D eigenvalue weighted by Crippen LogP contribution is 2.37. The van der Waals surface area contributed by atoms with E-state index in [9.17, 15) is 4.79 Å². The third kappa shape index (κ3) is 2.95. The lowest BCUT2D eigenvalue weighted by molar-refractivity contribution is -0.0915. The van der Waals surface area contributed by atoms with Crippen molar-refractivity contribution in [3.8, 4) is 0 Å². The van der Waals surface area contributed by atoms with E-state index in [4.69, 9.17) is 9.47 Å². The normalized spacial score (nSPS) is 20.1. The quantitative estimate of drug-likeness (QED) is 0.796. The van der Waals surface area contributed by atoms with Gasteiger partial charge >= 0.3 is 6.09 Å². The number of carbonyl (C=O) groups excluding carboxylic acids is 1. The smallest absolute Gasteiger partial charge is 0.410 e. The lowest BCUT2D eigenvalue weighted by Crippen LogP contribution is -2.63. The maximum Gasteiger partial charge on any atom is 0.410 e. The van der Waals surface area contributed by atoms with Gasteiger partial charge in [-0.05, 0) is 38.0 Å². The molecular formula is C17H21NO3. The summed E-state index contributed by atoms with van der Waals surface area (Å²) in [5, 5.41) is 0. The van der Waals surface area contributed by atoms with Crippen molar-refractivity contribution in [2.24, 2.45) is 0 Å². The lowest BCUT2D eigenvalue weighted by Gasteiger charge is -2.45. The van der Waals surface area contributed by atoms with Crippen molar-refractivity contribution >= 4 is 11.7 Å². The number of rotatable bonds is 1. The van der Waals surface area contributed by atoms with E-state index >= 15 is 0 Å². The number of carbonyl (C=O) groups is 1. The monoisotopic (exact) mass is 287 g/mol. The maximum absolute atomic E-state index is 12.0. The molecule has 112 valence electrons. The van der Waals surface area contributed by atoms with E-state index in [1.54, 1.807) is 4.90 Å². The Morgan fingerprint density at radius 2 is 1.90 bits per heavy atom. The van der Waals surface area contributed by atoms with Crippen molar-refractivity contribution in [3.63, 3.8) is 0 Å². The van der Waals surface area contributed by atoms with Crippen LogP contribution in [-0.2, 0) is 9.47 Å². The number of hydrogen-bond acceptors (Lipinski definition) is 3. The van der Waals surface area contributed by atoms with Gasteiger partial charge in [-0.2, -0.15) is 0 Å². The van der Waals surface area contributed by atoms with Crippen LogP contribution in [0.4, 0.5) is 4.79 Å². The predicted octanol–water partition coefficient (Wildman–Crippen LogP) is 3.09. The van der Waals surface area contributed by atoms with Gasteiger partial charge in [-0.15, -0.1) is 0 Å². The molecule has 0 aromatic heterocycles. The van der Waals surface area contributed by atoms with Crippen LogP contribution in [0.3, 0.4) is 0 Å². The van der Waals surface area contributed by atoms with Gasteiger partial charge < -0.3 is 14.4 Å². The Bertz CT molecular complexity index is 565. The zero-order valence-corrected chi connectivity index (χ0v) is 12.8. The minimum absolute atomic E-state index is 0.265. The molecule has 1 aromatic rings. The fourth-order valence-electron chi connectivity index (χ4n) is 2.68. The standard InChI is InChI=1S/C17H21NO3/c1-16(2,3)21-15(19)18-11-17(12-18)9-14(10-20-17)13-7-5-4-6-8-13/h4-9H,10-12H2,1-3H3. The van der Waals surface area contributed by atoms with E-state index in [1.165, 1.54) is 11.1 Å². The summed E-state index contributed by atoms with van der Waals surface area (Å²) in [6.07, 6.45) is 1.89. The van der Waals surface area contributed by atoms with Gasteiger partial charge in [0.25, 0.3) is 0 Å². The zero-order valence-electron chi connectivity index (χ0n) is 12.8. The van der Waals surface area contributed by atoms with Crippen molar-refractivity contribution in [1.29, 1.82) is 0 Å². The molecule has 4 nitrogen and oxygen atoms in total. The van der Waals surface area contributed by atoms with Crippen molar-refractivity contribution in [3.05, 3.63) is 42.0 Å². The summed E-state index contributed by atoms with van der Waals surface area (Å²) in [6.45, 7) is 7.36. The number of nitrogens with zero attached hydrogens (tertiary/aromatic N) is 1. The number of benzene rings is 1. The molecule has 3 rings (SSSR count). The van der Waals surface area contributed by atoms with Crippen LogP contribution in [0.25, 0.3) is 5.57 Å². The molecule has 2 aliphatic heterocycles. The summed E-state index contributed by atoms with van der Waals surface area (Å²) in [5.41, 5.74) is 1.60. The Balaban J connectivity index is 1.63. The molecule has 1 amide bonds. The summed E-state index contributed by atoms with van der Waals surface area (Å²) in [6, 6.07) is 10.2. The van der Waals surface area contributed by atoms with Crippen LogP contribution >= 0.6 is 0 Å². The third-order valence-electron chi connectivity index (χ3n) is 3.67. The van der Waals surface area contributed by atoms with Gasteiger partial charge in [-0.1, -0.05) is 30.3 Å². The van der Waals surface area contributed by atoms with Crippen LogP contribution in [0.2, 0.25) is 0 Å². The van der Waals surface area contributed by atoms with Gasteiger partial charge in [0.2, 0.25) is 0 Å². The van der Waals surface area contributed by atoms with Gasteiger partial charge in [0.05, 0.1) is 19.7 Å². The Kier molecular flexibility index (Phi) is 3.29. The summed E-state index contributed by atoms with van der Waals surface area (Å²) in [5.74, 6) is 0. The highest BCUT2D eigenvalue weighted by atomic mass is 16.6. The minimum atomic E-state index is -0.457. The van der Waals surface area contributed by atoms with Gasteiger partial charge in [-0.3, -0.25) is 0 Å². The number of hydrogen-bond donors (Lipinski definition) is 0. The Labute approximate surface area is 125 Å². The molecule has 0 radical (unpaired) electrons. The van der Waals surface area contributed by atoms with Gasteiger partial charge in [-0.25, -0.2) is 4.79 Å². The van der Waals surface area contributed by atoms with Crippen molar-refractivity contribution in [2.75, 3.05) is 19.7 Å². The molecule has 0 N–H and O–H groups in total. The largest absolute Gasteiger partial charge is 0.444 e. The second kappa shape index (κ2) is 4.88. The molecule has 2 heterocycles. The van der Waals surface area contributed by atoms with Crippen molar-refractivity contribution in [2.45, 2.75) is 32.0 Å². The SMILES string of the molecule is CC(C)(C)OC(=O)N1CC2(C=C(c3ccccc3)CO2)C1. The van der Waals surface area contributed by atoms with Gasteiger partial charge in [0.1, 0.15) is 11.2 Å². The van der Waals surface area contributed by atoms with E-state index < -0.39 is 5.60 Å². The highest BCUT2D eigenvalue weighted by Gasteiger charge is 2.48. The molecule has 1 spiro atoms. The molecular weight excluding hydrogens is 266 g/mol. The van der Waals surface area contributed by atoms with Crippen LogP contribution in [0.15, 0.2) is 36.4 Å². The molecule has 1 fully saturated rings. The van der Waals surface area contributed by atoms with Crippen molar-refractivity contribution in [1.82, 2.24) is 4.90 Å². The number of ether oxygens (including phenoxy) is 2. The van der Waals surface area contributed by atoms with Gasteiger partial charge in [0, 0.05) is 0 Å². The fraction of sp³-hybridized carbons (Fsp3) is 0.471. The molecule has 2 aliphatic rings. The van der Waals surface area contributed by atoms with Crippen LogP contribution in [0.1, 0.15) is 26.3 Å². The minimum Gasteiger partial charge on any atom is -0.444 e. The average Bonchev–Trinajstić information content (AvgIpc) is 2.81. The third-order valence-corrected chi connectivity index (χ3v) is 3.67. The molecule has 0 saturated carbocycles. The van der Waals surface area contributed by atoms with Gasteiger partial charge in [0.15, 0.2) is 0 Å². The molecule has 21 heavy (non-hydrogen) atoms. The molecule has 1 saturated heterocycles. The summed E-state index contributed by atoms with van der Waals surface area (Å²) >= 11 is 0. The predicted molar refractivity (Wildman–Crippen MR) is 80.9 cm³/mol. The summed E-state index contributed by atoms with van der Waals surface area (Å²) < 4.78 is 11.3. The van der Waals surface area contributed by atoms with E-state index in [0.29, 0.717) is 19.7 Å². The Hall–Kier alpha value is -1.81. The first-order chi connectivity index (χ1) is 9.87. The lowest BCUT2D eigenvalue weighted by atomic mass is 9.92. The fourth-order valence-corrected chi connectivity index (χ4v) is 2.68. The molecule has 0 aliphatic carbocycles. The Morgan fingerprint density at radius 3 is 2.52 bits per heavy atom. The molecule has 0 bridgehead atoms. The van der Waals surface area contributed by atoms with Crippen LogP contribution in [-0.4, -0.2) is 41.9 Å². The first-order valence-electron chi connectivity index (χ1n) is 7.26. The molecule has 1 aromatic carbocycles. The second-order valence-electron chi connectivity index (χ2n) is 6.73. The first kappa shape index (κ1) is 14.1. The van der Waals surface area contributed by atoms with E-state index in [-0.39, 0.29) is 11.7 Å².